The second kappa shape index (κ2) is 5.89. The third-order valence-electron chi connectivity index (χ3n) is 2.30. The minimum absolute atomic E-state index is 0.119. The number of hydrogen-bond acceptors (Lipinski definition) is 4. The van der Waals surface area contributed by atoms with Crippen LogP contribution in [0.2, 0.25) is 0 Å². The highest BCUT2D eigenvalue weighted by Gasteiger charge is 2.09. The van der Waals surface area contributed by atoms with E-state index in [1.54, 1.807) is 6.92 Å². The van der Waals surface area contributed by atoms with Crippen molar-refractivity contribution < 1.29 is 19.4 Å². The number of aryl methyl sites for hydroxylation is 1. The van der Waals surface area contributed by atoms with E-state index in [2.05, 4.69) is 10.1 Å². The van der Waals surface area contributed by atoms with Crippen LogP contribution in [-0.2, 0) is 9.53 Å². The van der Waals surface area contributed by atoms with Gasteiger partial charge in [-0.15, -0.1) is 0 Å². The Balaban J connectivity index is 2.55. The standard InChI is InChI=1S/C12H15NO4/c1-8-7-9(14)3-4-10(8)12(16)13-6-5-11(15)17-2/h3-4,7,14H,5-6H2,1-2H3,(H,13,16). The lowest BCUT2D eigenvalue weighted by atomic mass is 10.1. The SMILES string of the molecule is COC(=O)CCNC(=O)c1ccc(O)cc1C. The second-order valence-electron chi connectivity index (χ2n) is 3.58. The van der Waals surface area contributed by atoms with Crippen molar-refractivity contribution >= 4 is 11.9 Å². The van der Waals surface area contributed by atoms with Gasteiger partial charge in [-0.25, -0.2) is 0 Å². The van der Waals surface area contributed by atoms with Gasteiger partial charge in [0.05, 0.1) is 13.5 Å². The molecule has 1 rings (SSSR count). The number of aromatic hydroxyl groups is 1. The van der Waals surface area contributed by atoms with E-state index < -0.39 is 0 Å². The number of ether oxygens (including phenoxy) is 1. The zero-order valence-electron chi connectivity index (χ0n) is 9.82. The first-order valence-corrected chi connectivity index (χ1v) is 5.19. The summed E-state index contributed by atoms with van der Waals surface area (Å²) in [7, 11) is 1.30. The molecular formula is C12H15NO4. The maximum Gasteiger partial charge on any atom is 0.307 e. The zero-order chi connectivity index (χ0) is 12.8. The molecule has 0 heterocycles. The quantitative estimate of drug-likeness (QED) is 0.766. The Bertz CT molecular complexity index is 429. The Kier molecular flexibility index (Phi) is 4.51. The molecule has 0 atom stereocenters. The lowest BCUT2D eigenvalue weighted by Crippen LogP contribution is -2.26. The van der Waals surface area contributed by atoms with Gasteiger partial charge >= 0.3 is 5.97 Å². The lowest BCUT2D eigenvalue weighted by molar-refractivity contribution is -0.140. The largest absolute Gasteiger partial charge is 0.508 e. The van der Waals surface area contributed by atoms with Gasteiger partial charge in [0.15, 0.2) is 0 Å². The number of rotatable bonds is 4. The molecule has 0 aliphatic rings. The van der Waals surface area contributed by atoms with Crippen LogP contribution < -0.4 is 5.32 Å². The molecule has 2 N–H and O–H groups in total. The molecule has 0 radical (unpaired) electrons. The number of nitrogens with one attached hydrogen (secondary N) is 1. The molecule has 0 spiro atoms. The van der Waals surface area contributed by atoms with E-state index in [0.29, 0.717) is 11.1 Å². The van der Waals surface area contributed by atoms with E-state index in [-0.39, 0.29) is 30.6 Å². The number of methoxy groups -OCH3 is 1. The van der Waals surface area contributed by atoms with Crippen molar-refractivity contribution in [2.24, 2.45) is 0 Å². The summed E-state index contributed by atoms with van der Waals surface area (Å²) in [5.41, 5.74) is 1.16. The molecule has 1 aromatic carbocycles. The van der Waals surface area contributed by atoms with Crippen LogP contribution >= 0.6 is 0 Å². The van der Waals surface area contributed by atoms with Crippen LogP contribution in [0.4, 0.5) is 0 Å². The van der Waals surface area contributed by atoms with Gasteiger partial charge in [-0.1, -0.05) is 0 Å². The summed E-state index contributed by atoms with van der Waals surface area (Å²) < 4.78 is 4.45. The molecule has 0 fully saturated rings. The summed E-state index contributed by atoms with van der Waals surface area (Å²) in [5, 5.41) is 11.8. The van der Waals surface area contributed by atoms with E-state index in [1.165, 1.54) is 25.3 Å². The summed E-state index contributed by atoms with van der Waals surface area (Å²) in [4.78, 5) is 22.5. The molecule has 0 unspecified atom stereocenters. The van der Waals surface area contributed by atoms with Crippen LogP contribution in [0.25, 0.3) is 0 Å². The van der Waals surface area contributed by atoms with Crippen molar-refractivity contribution in [3.8, 4) is 5.75 Å². The number of amides is 1. The van der Waals surface area contributed by atoms with E-state index in [4.69, 9.17) is 0 Å². The van der Waals surface area contributed by atoms with Crippen molar-refractivity contribution in [1.82, 2.24) is 5.32 Å². The topological polar surface area (TPSA) is 75.6 Å². The monoisotopic (exact) mass is 237 g/mol. The van der Waals surface area contributed by atoms with Gasteiger partial charge in [-0.05, 0) is 30.7 Å². The first kappa shape index (κ1) is 13.0. The number of benzene rings is 1. The summed E-state index contributed by atoms with van der Waals surface area (Å²) in [6.07, 6.45) is 0.138. The van der Waals surface area contributed by atoms with Crippen LogP contribution in [0.1, 0.15) is 22.3 Å². The van der Waals surface area contributed by atoms with Gasteiger partial charge < -0.3 is 15.2 Å². The minimum Gasteiger partial charge on any atom is -0.508 e. The number of esters is 1. The predicted octanol–water partition coefficient (Wildman–Crippen LogP) is 0.994. The predicted molar refractivity (Wildman–Crippen MR) is 61.8 cm³/mol. The molecule has 0 aliphatic carbocycles. The van der Waals surface area contributed by atoms with Crippen molar-refractivity contribution in [3.63, 3.8) is 0 Å². The highest BCUT2D eigenvalue weighted by molar-refractivity contribution is 5.95. The molecule has 1 amide bonds. The summed E-state index contributed by atoms with van der Waals surface area (Å²) in [6.45, 7) is 1.96. The molecular weight excluding hydrogens is 222 g/mol. The average molecular weight is 237 g/mol. The Hall–Kier alpha value is -2.04. The van der Waals surface area contributed by atoms with Gasteiger partial charge in [-0.2, -0.15) is 0 Å². The lowest BCUT2D eigenvalue weighted by Gasteiger charge is -2.07. The zero-order valence-corrected chi connectivity index (χ0v) is 9.82. The molecule has 5 nitrogen and oxygen atoms in total. The van der Waals surface area contributed by atoms with Crippen LogP contribution in [0.15, 0.2) is 18.2 Å². The van der Waals surface area contributed by atoms with Gasteiger partial charge in [0.25, 0.3) is 5.91 Å². The third kappa shape index (κ3) is 3.79. The van der Waals surface area contributed by atoms with E-state index in [0.717, 1.165) is 0 Å². The number of phenolic OH excluding ortho intramolecular Hbond substituents is 1. The van der Waals surface area contributed by atoms with Gasteiger partial charge in [-0.3, -0.25) is 9.59 Å². The fraction of sp³-hybridized carbons (Fsp3) is 0.333. The van der Waals surface area contributed by atoms with Crippen molar-refractivity contribution in [2.45, 2.75) is 13.3 Å². The van der Waals surface area contributed by atoms with Crippen molar-refractivity contribution in [3.05, 3.63) is 29.3 Å². The molecule has 5 heteroatoms. The molecule has 92 valence electrons. The van der Waals surface area contributed by atoms with Crippen LogP contribution in [-0.4, -0.2) is 30.6 Å². The highest BCUT2D eigenvalue weighted by atomic mass is 16.5. The van der Waals surface area contributed by atoms with Gasteiger partial charge in [0, 0.05) is 12.1 Å². The molecule has 17 heavy (non-hydrogen) atoms. The maximum absolute atomic E-state index is 11.7. The number of phenols is 1. The van der Waals surface area contributed by atoms with Crippen LogP contribution in [0, 0.1) is 6.92 Å². The molecule has 0 aliphatic heterocycles. The number of carbonyl (C=O) groups is 2. The molecule has 0 aromatic heterocycles. The Morgan fingerprint density at radius 2 is 2.12 bits per heavy atom. The van der Waals surface area contributed by atoms with Crippen molar-refractivity contribution in [2.75, 3.05) is 13.7 Å². The normalized spacial score (nSPS) is 9.76. The summed E-state index contributed by atoms with van der Waals surface area (Å²) >= 11 is 0. The minimum atomic E-state index is -0.368. The first-order valence-electron chi connectivity index (χ1n) is 5.19. The van der Waals surface area contributed by atoms with Crippen LogP contribution in [0.5, 0.6) is 5.75 Å². The Morgan fingerprint density at radius 1 is 1.41 bits per heavy atom. The highest BCUT2D eigenvalue weighted by Crippen LogP contribution is 2.15. The van der Waals surface area contributed by atoms with Crippen molar-refractivity contribution in [1.29, 1.82) is 0 Å². The number of carbonyl (C=O) groups excluding carboxylic acids is 2. The smallest absolute Gasteiger partial charge is 0.307 e. The Labute approximate surface area is 99.4 Å². The first-order chi connectivity index (χ1) is 8.04. The van der Waals surface area contributed by atoms with Crippen LogP contribution in [0.3, 0.4) is 0 Å². The summed E-state index contributed by atoms with van der Waals surface area (Å²) in [5.74, 6) is -0.521. The maximum atomic E-state index is 11.7. The average Bonchev–Trinajstić information content (AvgIpc) is 2.28. The second-order valence-corrected chi connectivity index (χ2v) is 3.58. The number of hydrogen-bond donors (Lipinski definition) is 2. The van der Waals surface area contributed by atoms with E-state index in [9.17, 15) is 14.7 Å². The Morgan fingerprint density at radius 3 is 2.71 bits per heavy atom. The fourth-order valence-corrected chi connectivity index (χ4v) is 1.38. The van der Waals surface area contributed by atoms with Gasteiger partial charge in [0.1, 0.15) is 5.75 Å². The molecule has 1 aromatic rings. The third-order valence-corrected chi connectivity index (χ3v) is 2.30. The van der Waals surface area contributed by atoms with E-state index in [1.807, 2.05) is 0 Å². The molecule has 0 bridgehead atoms. The molecule has 0 saturated heterocycles. The van der Waals surface area contributed by atoms with Gasteiger partial charge in [0.2, 0.25) is 0 Å². The summed E-state index contributed by atoms with van der Waals surface area (Å²) in [6, 6.07) is 4.50. The molecule has 0 saturated carbocycles. The fourth-order valence-electron chi connectivity index (χ4n) is 1.38. The van der Waals surface area contributed by atoms with E-state index >= 15 is 0 Å².